The average Bonchev–Trinajstić information content (AvgIpc) is 3.15. The summed E-state index contributed by atoms with van der Waals surface area (Å²) >= 11 is 0. The van der Waals surface area contributed by atoms with E-state index in [-0.39, 0.29) is 24.9 Å². The van der Waals surface area contributed by atoms with E-state index in [1.165, 1.54) is 10.8 Å². The molecule has 0 unspecified atom stereocenters. The number of aliphatic hydroxyl groups is 2. The maximum Gasteiger partial charge on any atom is 0.508 e. The lowest BCUT2D eigenvalue weighted by molar-refractivity contribution is -0.109. The molecule has 0 aliphatic carbocycles. The van der Waals surface area contributed by atoms with Crippen molar-refractivity contribution in [3.05, 3.63) is 24.2 Å². The van der Waals surface area contributed by atoms with Crippen LogP contribution in [0.25, 0.3) is 5.52 Å². The molecule has 0 bridgehead atoms. The molecule has 4 N–H and O–H groups in total. The molecule has 3 rings (SSSR count). The Kier molecular flexibility index (Phi) is 5.22. The van der Waals surface area contributed by atoms with Crippen LogP contribution in [0, 0.1) is 5.92 Å². The topological polar surface area (TPSA) is 141 Å². The summed E-state index contributed by atoms with van der Waals surface area (Å²) in [6.45, 7) is 5.30. The van der Waals surface area contributed by atoms with Crippen molar-refractivity contribution in [3.8, 4) is 0 Å². The summed E-state index contributed by atoms with van der Waals surface area (Å²) in [5, 5.41) is 25.1. The lowest BCUT2D eigenvalue weighted by Crippen LogP contribution is -2.44. The summed E-state index contributed by atoms with van der Waals surface area (Å²) in [5.41, 5.74) is 5.55. The molecule has 1 aliphatic rings. The Morgan fingerprint density at radius 2 is 2.15 bits per heavy atom. The van der Waals surface area contributed by atoms with Crippen LogP contribution in [-0.4, -0.2) is 62.0 Å². The van der Waals surface area contributed by atoms with Gasteiger partial charge in [-0.2, -0.15) is 5.10 Å². The van der Waals surface area contributed by atoms with Gasteiger partial charge in [0.15, 0.2) is 5.82 Å². The number of rotatable bonds is 5. The van der Waals surface area contributed by atoms with E-state index in [1.807, 2.05) is 13.8 Å². The molecular formula is C17H24N4O6. The quantitative estimate of drug-likeness (QED) is 0.638. The minimum absolute atomic E-state index is 0.171. The van der Waals surface area contributed by atoms with Gasteiger partial charge in [0.25, 0.3) is 0 Å². The van der Waals surface area contributed by atoms with Gasteiger partial charge in [-0.25, -0.2) is 14.3 Å². The maximum atomic E-state index is 11.7. The Bertz CT molecular complexity index is 825. The van der Waals surface area contributed by atoms with Gasteiger partial charge in [-0.15, -0.1) is 0 Å². The zero-order valence-corrected chi connectivity index (χ0v) is 15.4. The molecule has 148 valence electrons. The zero-order valence-electron chi connectivity index (χ0n) is 15.4. The predicted octanol–water partition coefficient (Wildman–Crippen LogP) is 0.672. The zero-order chi connectivity index (χ0) is 19.8. The van der Waals surface area contributed by atoms with Gasteiger partial charge < -0.3 is 30.2 Å². The van der Waals surface area contributed by atoms with E-state index in [2.05, 4.69) is 10.1 Å². The van der Waals surface area contributed by atoms with Crippen molar-refractivity contribution < 1.29 is 29.2 Å². The van der Waals surface area contributed by atoms with Gasteiger partial charge in [-0.1, -0.05) is 13.8 Å². The molecule has 2 aromatic rings. The minimum Gasteiger partial charge on any atom is -0.434 e. The fourth-order valence-electron chi connectivity index (χ4n) is 2.98. The number of nitrogen functional groups attached to an aromatic ring is 1. The van der Waals surface area contributed by atoms with E-state index in [1.54, 1.807) is 19.1 Å². The Balaban J connectivity index is 1.74. The molecule has 0 spiro atoms. The number of carbonyl (C=O) groups excluding carboxylic acids is 1. The molecule has 0 amide bonds. The number of aromatic nitrogens is 3. The monoisotopic (exact) mass is 380 g/mol. The molecule has 4 atom stereocenters. The van der Waals surface area contributed by atoms with E-state index in [0.717, 1.165) is 0 Å². The molecule has 0 saturated carbocycles. The second kappa shape index (κ2) is 7.29. The third kappa shape index (κ3) is 3.68. The van der Waals surface area contributed by atoms with Crippen LogP contribution in [-0.2, 0) is 14.2 Å². The molecule has 1 aliphatic heterocycles. The largest absolute Gasteiger partial charge is 0.508 e. The van der Waals surface area contributed by atoms with Crippen molar-refractivity contribution in [3.63, 3.8) is 0 Å². The molecule has 10 nitrogen and oxygen atoms in total. The van der Waals surface area contributed by atoms with Gasteiger partial charge in [-0.05, 0) is 25.0 Å². The van der Waals surface area contributed by atoms with Crippen LogP contribution in [0.2, 0.25) is 0 Å². The molecule has 2 aromatic heterocycles. The predicted molar refractivity (Wildman–Crippen MR) is 93.8 cm³/mol. The van der Waals surface area contributed by atoms with Crippen LogP contribution >= 0.6 is 0 Å². The summed E-state index contributed by atoms with van der Waals surface area (Å²) in [5.74, 6) is 0.452. The first kappa shape index (κ1) is 19.3. The number of hydrogen-bond acceptors (Lipinski definition) is 9. The summed E-state index contributed by atoms with van der Waals surface area (Å²) in [6.07, 6.45) is -2.99. The SMILES string of the molecule is CC(C)COC(=O)OC[C@@]1(C)O[C@@H](c2ccc3c(N)ncnn23)[C@H](O)[C@@H]1O. The molecule has 1 fully saturated rings. The van der Waals surface area contributed by atoms with Crippen LogP contribution in [0.5, 0.6) is 0 Å². The Morgan fingerprint density at radius 3 is 2.85 bits per heavy atom. The summed E-state index contributed by atoms with van der Waals surface area (Å²) in [6, 6.07) is 3.38. The molecule has 0 radical (unpaired) electrons. The second-order valence-corrected chi connectivity index (χ2v) is 7.23. The van der Waals surface area contributed by atoms with Crippen molar-refractivity contribution in [1.82, 2.24) is 14.6 Å². The third-order valence-electron chi connectivity index (χ3n) is 4.47. The number of aliphatic hydroxyl groups excluding tert-OH is 2. The van der Waals surface area contributed by atoms with Crippen LogP contribution in [0.3, 0.4) is 0 Å². The number of nitrogens with zero attached hydrogens (tertiary/aromatic N) is 3. The molecular weight excluding hydrogens is 356 g/mol. The van der Waals surface area contributed by atoms with Crippen molar-refractivity contribution in [2.24, 2.45) is 5.92 Å². The first-order chi connectivity index (χ1) is 12.7. The van der Waals surface area contributed by atoms with Crippen LogP contribution < -0.4 is 5.73 Å². The third-order valence-corrected chi connectivity index (χ3v) is 4.47. The number of nitrogens with two attached hydrogens (primary N) is 1. The number of fused-ring (bicyclic) bond motifs is 1. The molecule has 10 heteroatoms. The van der Waals surface area contributed by atoms with Crippen molar-refractivity contribution in [2.75, 3.05) is 18.9 Å². The summed E-state index contributed by atoms with van der Waals surface area (Å²) < 4.78 is 17.4. The second-order valence-electron chi connectivity index (χ2n) is 7.23. The van der Waals surface area contributed by atoms with Crippen molar-refractivity contribution in [1.29, 1.82) is 0 Å². The van der Waals surface area contributed by atoms with Gasteiger partial charge in [-0.3, -0.25) is 0 Å². The van der Waals surface area contributed by atoms with Gasteiger partial charge in [0.1, 0.15) is 42.4 Å². The van der Waals surface area contributed by atoms with Gasteiger partial charge >= 0.3 is 6.16 Å². The fraction of sp³-hybridized carbons (Fsp3) is 0.588. The Morgan fingerprint density at radius 1 is 1.41 bits per heavy atom. The fourth-order valence-corrected chi connectivity index (χ4v) is 2.98. The lowest BCUT2D eigenvalue weighted by Gasteiger charge is -2.26. The highest BCUT2D eigenvalue weighted by molar-refractivity contribution is 5.65. The molecule has 27 heavy (non-hydrogen) atoms. The van der Waals surface area contributed by atoms with E-state index >= 15 is 0 Å². The number of hydrogen-bond donors (Lipinski definition) is 3. The van der Waals surface area contributed by atoms with E-state index < -0.39 is 30.1 Å². The first-order valence-electron chi connectivity index (χ1n) is 8.64. The number of ether oxygens (including phenoxy) is 3. The van der Waals surface area contributed by atoms with Crippen LogP contribution in [0.4, 0.5) is 10.6 Å². The van der Waals surface area contributed by atoms with E-state index in [0.29, 0.717) is 11.2 Å². The first-order valence-corrected chi connectivity index (χ1v) is 8.64. The van der Waals surface area contributed by atoms with E-state index in [9.17, 15) is 15.0 Å². The normalized spacial score (nSPS) is 28.0. The van der Waals surface area contributed by atoms with Crippen molar-refractivity contribution >= 4 is 17.5 Å². The van der Waals surface area contributed by atoms with Gasteiger partial charge in [0.2, 0.25) is 0 Å². The lowest BCUT2D eigenvalue weighted by atomic mass is 9.97. The van der Waals surface area contributed by atoms with Crippen LogP contribution in [0.15, 0.2) is 18.5 Å². The standard InChI is InChI=1S/C17H24N4O6/c1-9(2)6-25-16(24)26-7-17(3)14(23)12(22)13(27-17)10-4-5-11-15(18)19-8-20-21(10)11/h4-5,8-9,12-14,22-23H,6-7H2,1-3H3,(H2,18,19,20)/t12-,13-,14-,17+/m0/s1. The molecule has 1 saturated heterocycles. The molecule has 3 heterocycles. The average molecular weight is 380 g/mol. The highest BCUT2D eigenvalue weighted by atomic mass is 16.7. The summed E-state index contributed by atoms with van der Waals surface area (Å²) in [4.78, 5) is 15.6. The number of anilines is 1. The minimum atomic E-state index is -1.32. The number of carbonyl (C=O) groups is 1. The highest BCUT2D eigenvalue weighted by Crippen LogP contribution is 2.40. The van der Waals surface area contributed by atoms with Crippen molar-refractivity contribution in [2.45, 2.75) is 44.7 Å². The highest BCUT2D eigenvalue weighted by Gasteiger charge is 2.53. The van der Waals surface area contributed by atoms with Gasteiger partial charge in [0.05, 0.1) is 12.3 Å². The van der Waals surface area contributed by atoms with Crippen LogP contribution in [0.1, 0.15) is 32.6 Å². The van der Waals surface area contributed by atoms with Gasteiger partial charge in [0, 0.05) is 0 Å². The summed E-state index contributed by atoms with van der Waals surface area (Å²) in [7, 11) is 0. The van der Waals surface area contributed by atoms with E-state index in [4.69, 9.17) is 19.9 Å². The Labute approximate surface area is 155 Å². The Hall–Kier alpha value is -2.43. The maximum absolute atomic E-state index is 11.7. The molecule has 0 aromatic carbocycles. The smallest absolute Gasteiger partial charge is 0.434 e.